The lowest BCUT2D eigenvalue weighted by Crippen LogP contribution is -2.03. The summed E-state index contributed by atoms with van der Waals surface area (Å²) in [7, 11) is 0. The summed E-state index contributed by atoms with van der Waals surface area (Å²) in [5.41, 5.74) is -1.56. The first-order valence-corrected chi connectivity index (χ1v) is 5.69. The summed E-state index contributed by atoms with van der Waals surface area (Å²) < 4.78 is 4.90. The molecule has 2 aromatic rings. The van der Waals surface area contributed by atoms with E-state index in [4.69, 9.17) is 4.42 Å². The van der Waals surface area contributed by atoms with E-state index in [-0.39, 0.29) is 5.56 Å². The Balaban J connectivity index is 2.21. The standard InChI is InChI=1S/C12H7N3O7/c16-12(22-13-7-11-2-1-3-21-11)8-4-9(14(17)18)6-10(5-8)15(19)20/h1-7H/b13-7-. The number of nitro benzene ring substituents is 2. The lowest BCUT2D eigenvalue weighted by atomic mass is 10.2. The number of oxime groups is 1. The Bertz CT molecular complexity index is 720. The van der Waals surface area contributed by atoms with Crippen molar-refractivity contribution < 1.29 is 23.9 Å². The zero-order valence-corrected chi connectivity index (χ0v) is 10.7. The van der Waals surface area contributed by atoms with Crippen LogP contribution in [-0.4, -0.2) is 22.0 Å². The van der Waals surface area contributed by atoms with Crippen LogP contribution in [0.15, 0.2) is 46.2 Å². The van der Waals surface area contributed by atoms with E-state index in [1.165, 1.54) is 6.26 Å². The van der Waals surface area contributed by atoms with Gasteiger partial charge in [0.1, 0.15) is 12.0 Å². The fourth-order valence-electron chi connectivity index (χ4n) is 1.47. The van der Waals surface area contributed by atoms with E-state index in [1.54, 1.807) is 12.1 Å². The molecule has 0 bridgehead atoms. The number of rotatable bonds is 5. The van der Waals surface area contributed by atoms with Crippen molar-refractivity contribution in [3.8, 4) is 0 Å². The van der Waals surface area contributed by atoms with Crippen LogP contribution in [0.25, 0.3) is 0 Å². The Morgan fingerprint density at radius 3 is 2.32 bits per heavy atom. The van der Waals surface area contributed by atoms with E-state index in [1.807, 2.05) is 0 Å². The van der Waals surface area contributed by atoms with Gasteiger partial charge in [-0.05, 0) is 12.1 Å². The van der Waals surface area contributed by atoms with Crippen molar-refractivity contribution in [2.45, 2.75) is 0 Å². The van der Waals surface area contributed by atoms with Gasteiger partial charge >= 0.3 is 5.97 Å². The van der Waals surface area contributed by atoms with E-state index >= 15 is 0 Å². The smallest absolute Gasteiger partial charge is 0.366 e. The number of benzene rings is 1. The molecular weight excluding hydrogens is 298 g/mol. The van der Waals surface area contributed by atoms with Gasteiger partial charge < -0.3 is 9.25 Å². The molecule has 0 fully saturated rings. The van der Waals surface area contributed by atoms with Crippen molar-refractivity contribution in [2.75, 3.05) is 0 Å². The maximum Gasteiger partial charge on any atom is 0.366 e. The molecule has 0 amide bonds. The third kappa shape index (κ3) is 3.50. The molecule has 10 heteroatoms. The molecule has 2 rings (SSSR count). The maximum absolute atomic E-state index is 11.7. The second-order valence-electron chi connectivity index (χ2n) is 3.88. The van der Waals surface area contributed by atoms with Crippen molar-refractivity contribution in [1.82, 2.24) is 0 Å². The van der Waals surface area contributed by atoms with E-state index in [0.29, 0.717) is 5.76 Å². The molecule has 0 atom stereocenters. The molecule has 0 spiro atoms. The van der Waals surface area contributed by atoms with Gasteiger partial charge in [0.2, 0.25) is 0 Å². The Morgan fingerprint density at radius 2 is 1.82 bits per heavy atom. The van der Waals surface area contributed by atoms with Gasteiger partial charge in [-0.1, -0.05) is 5.16 Å². The molecule has 0 aliphatic rings. The molecule has 0 N–H and O–H groups in total. The molecule has 0 saturated heterocycles. The molecule has 0 saturated carbocycles. The van der Waals surface area contributed by atoms with Gasteiger partial charge in [0.15, 0.2) is 0 Å². The highest BCUT2D eigenvalue weighted by Crippen LogP contribution is 2.23. The normalized spacial score (nSPS) is 10.5. The first kappa shape index (κ1) is 14.8. The fourth-order valence-corrected chi connectivity index (χ4v) is 1.47. The second kappa shape index (κ2) is 6.26. The van der Waals surface area contributed by atoms with Gasteiger partial charge in [0, 0.05) is 12.1 Å². The molecule has 0 aliphatic carbocycles. The van der Waals surface area contributed by atoms with Crippen molar-refractivity contribution in [3.05, 3.63) is 68.1 Å². The molecule has 0 radical (unpaired) electrons. The van der Waals surface area contributed by atoms with Crippen molar-refractivity contribution in [1.29, 1.82) is 0 Å². The molecule has 22 heavy (non-hydrogen) atoms. The fraction of sp³-hybridized carbons (Fsp3) is 0. The molecule has 0 aliphatic heterocycles. The average molecular weight is 305 g/mol. The summed E-state index contributed by atoms with van der Waals surface area (Å²) in [6.07, 6.45) is 2.48. The Morgan fingerprint density at radius 1 is 1.18 bits per heavy atom. The highest BCUT2D eigenvalue weighted by Gasteiger charge is 2.20. The summed E-state index contributed by atoms with van der Waals surface area (Å²) in [5.74, 6) is -0.757. The average Bonchev–Trinajstić information content (AvgIpc) is 2.99. The zero-order valence-electron chi connectivity index (χ0n) is 10.7. The van der Waals surface area contributed by atoms with Crippen LogP contribution in [0.5, 0.6) is 0 Å². The summed E-state index contributed by atoms with van der Waals surface area (Å²) in [5, 5.41) is 24.7. The van der Waals surface area contributed by atoms with Crippen LogP contribution < -0.4 is 0 Å². The number of furan rings is 1. The summed E-state index contributed by atoms with van der Waals surface area (Å²) in [6, 6.07) is 5.60. The second-order valence-corrected chi connectivity index (χ2v) is 3.88. The Hall–Kier alpha value is -3.56. The van der Waals surface area contributed by atoms with Crippen LogP contribution in [-0.2, 0) is 4.84 Å². The van der Waals surface area contributed by atoms with E-state index in [9.17, 15) is 25.0 Å². The van der Waals surface area contributed by atoms with Gasteiger partial charge in [-0.3, -0.25) is 20.2 Å². The van der Waals surface area contributed by atoms with Gasteiger partial charge in [0.25, 0.3) is 11.4 Å². The Kier molecular flexibility index (Phi) is 4.22. The summed E-state index contributed by atoms with van der Waals surface area (Å²) in [6.45, 7) is 0. The van der Waals surface area contributed by atoms with Gasteiger partial charge in [-0.2, -0.15) is 0 Å². The molecule has 1 aromatic heterocycles. The predicted octanol–water partition coefficient (Wildman–Crippen LogP) is 2.29. The topological polar surface area (TPSA) is 138 Å². The number of hydrogen-bond acceptors (Lipinski definition) is 8. The van der Waals surface area contributed by atoms with Crippen LogP contribution in [0.3, 0.4) is 0 Å². The third-order valence-electron chi connectivity index (χ3n) is 2.42. The largest absolute Gasteiger partial charge is 0.463 e. The molecule has 1 aromatic carbocycles. The van der Waals surface area contributed by atoms with Crippen LogP contribution in [0.2, 0.25) is 0 Å². The third-order valence-corrected chi connectivity index (χ3v) is 2.42. The van der Waals surface area contributed by atoms with Gasteiger partial charge in [-0.15, -0.1) is 0 Å². The molecular formula is C12H7N3O7. The number of nitro groups is 2. The van der Waals surface area contributed by atoms with Crippen LogP contribution in [0, 0.1) is 20.2 Å². The number of carbonyl (C=O) groups is 1. The zero-order chi connectivity index (χ0) is 16.1. The quantitative estimate of drug-likeness (QED) is 0.357. The monoisotopic (exact) mass is 305 g/mol. The van der Waals surface area contributed by atoms with E-state index in [2.05, 4.69) is 9.99 Å². The molecule has 10 nitrogen and oxygen atoms in total. The lowest BCUT2D eigenvalue weighted by molar-refractivity contribution is -0.394. The van der Waals surface area contributed by atoms with Crippen LogP contribution >= 0.6 is 0 Å². The van der Waals surface area contributed by atoms with E-state index < -0.39 is 27.2 Å². The van der Waals surface area contributed by atoms with Crippen LogP contribution in [0.1, 0.15) is 16.1 Å². The molecule has 112 valence electrons. The van der Waals surface area contributed by atoms with Crippen molar-refractivity contribution in [3.63, 3.8) is 0 Å². The number of carbonyl (C=O) groups excluding carboxylic acids is 1. The highest BCUT2D eigenvalue weighted by atomic mass is 16.7. The maximum atomic E-state index is 11.7. The number of non-ortho nitro benzene ring substituents is 2. The SMILES string of the molecule is O=C(O/N=C\c1ccco1)c1cc([N+](=O)[O-])cc([N+](=O)[O-])c1. The van der Waals surface area contributed by atoms with Gasteiger partial charge in [0.05, 0.1) is 27.7 Å². The van der Waals surface area contributed by atoms with Gasteiger partial charge in [-0.25, -0.2) is 4.79 Å². The predicted molar refractivity (Wildman–Crippen MR) is 71.5 cm³/mol. The summed E-state index contributed by atoms with van der Waals surface area (Å²) in [4.78, 5) is 35.9. The number of nitrogens with zero attached hydrogens (tertiary/aromatic N) is 3. The lowest BCUT2D eigenvalue weighted by Gasteiger charge is -1.99. The minimum Gasteiger partial charge on any atom is -0.463 e. The first-order chi connectivity index (χ1) is 10.5. The summed E-state index contributed by atoms with van der Waals surface area (Å²) >= 11 is 0. The van der Waals surface area contributed by atoms with Crippen molar-refractivity contribution >= 4 is 23.6 Å². The highest BCUT2D eigenvalue weighted by molar-refractivity contribution is 5.91. The minimum atomic E-state index is -1.07. The number of hydrogen-bond donors (Lipinski definition) is 0. The minimum absolute atomic E-state index is 0.317. The first-order valence-electron chi connectivity index (χ1n) is 5.69. The van der Waals surface area contributed by atoms with E-state index in [0.717, 1.165) is 24.4 Å². The Labute approximate surface area is 121 Å². The van der Waals surface area contributed by atoms with Crippen molar-refractivity contribution in [2.24, 2.45) is 5.16 Å². The molecule has 0 unspecified atom stereocenters. The van der Waals surface area contributed by atoms with Crippen LogP contribution in [0.4, 0.5) is 11.4 Å². The molecule has 1 heterocycles.